The van der Waals surface area contributed by atoms with Crippen LogP contribution in [0, 0.1) is 12.8 Å². The third-order valence-corrected chi connectivity index (χ3v) is 5.17. The molecule has 1 N–H and O–H groups in total. The molecular weight excluding hydrogens is 296 g/mol. The van der Waals surface area contributed by atoms with Crippen molar-refractivity contribution in [3.05, 3.63) is 28.2 Å². The Balaban J connectivity index is 1.68. The summed E-state index contributed by atoms with van der Waals surface area (Å²) in [6, 6.07) is 6.33. The van der Waals surface area contributed by atoms with Crippen molar-refractivity contribution in [2.45, 2.75) is 25.0 Å². The zero-order chi connectivity index (χ0) is 11.8. The van der Waals surface area contributed by atoms with Crippen molar-refractivity contribution < 1.29 is 0 Å². The van der Waals surface area contributed by atoms with Gasteiger partial charge in [0.25, 0.3) is 0 Å². The summed E-state index contributed by atoms with van der Waals surface area (Å²) in [6.07, 6.45) is 2.79. The van der Waals surface area contributed by atoms with Gasteiger partial charge >= 0.3 is 0 Å². The van der Waals surface area contributed by atoms with Crippen LogP contribution in [-0.2, 0) is 0 Å². The van der Waals surface area contributed by atoms with E-state index in [4.69, 9.17) is 0 Å². The summed E-state index contributed by atoms with van der Waals surface area (Å²) in [7, 11) is 0. The summed E-state index contributed by atoms with van der Waals surface area (Å²) in [4.78, 5) is 4.59. The van der Waals surface area contributed by atoms with Crippen LogP contribution in [0.5, 0.6) is 0 Å². The van der Waals surface area contributed by atoms with Crippen molar-refractivity contribution in [2.75, 3.05) is 11.9 Å². The van der Waals surface area contributed by atoms with Gasteiger partial charge in [0.05, 0.1) is 12.2 Å². The van der Waals surface area contributed by atoms with Gasteiger partial charge in [-0.05, 0) is 59.3 Å². The van der Waals surface area contributed by atoms with Gasteiger partial charge in [-0.25, -0.2) is 0 Å². The fraction of sp³-hybridized carbons (Fsp3) is 0.462. The molecule has 17 heavy (non-hydrogen) atoms. The molecule has 0 amide bonds. The van der Waals surface area contributed by atoms with Gasteiger partial charge < -0.3 is 5.32 Å². The van der Waals surface area contributed by atoms with Gasteiger partial charge in [-0.2, -0.15) is 0 Å². The van der Waals surface area contributed by atoms with E-state index in [1.54, 1.807) is 0 Å². The fourth-order valence-corrected chi connectivity index (χ4v) is 3.59. The third-order valence-electron chi connectivity index (χ3n) is 3.19. The Kier molecular flexibility index (Phi) is 3.17. The number of aliphatic imine (C=N–C) groups is 1. The number of nitrogens with zero attached hydrogens (tertiary/aromatic N) is 1. The average Bonchev–Trinajstić information content (AvgIpc) is 3.05. The SMILES string of the molecule is Cc1ccc(Br)c(NC2=NCC(C3CC3)S2)c1. The number of hydrogen-bond acceptors (Lipinski definition) is 3. The van der Waals surface area contributed by atoms with Crippen LogP contribution in [0.2, 0.25) is 0 Å². The number of anilines is 1. The number of amidine groups is 1. The molecule has 3 rings (SSSR count). The van der Waals surface area contributed by atoms with Crippen molar-refractivity contribution in [1.29, 1.82) is 0 Å². The standard InChI is InChI=1S/C13H15BrN2S/c1-8-2-5-10(14)11(6-8)16-13-15-7-12(17-13)9-3-4-9/h2,5-6,9,12H,3-4,7H2,1H3,(H,15,16). The summed E-state index contributed by atoms with van der Waals surface area (Å²) >= 11 is 5.48. The van der Waals surface area contributed by atoms with Crippen LogP contribution in [-0.4, -0.2) is 17.0 Å². The molecule has 0 bridgehead atoms. The van der Waals surface area contributed by atoms with Crippen LogP contribution in [0.15, 0.2) is 27.7 Å². The highest BCUT2D eigenvalue weighted by atomic mass is 79.9. The van der Waals surface area contributed by atoms with E-state index >= 15 is 0 Å². The lowest BCUT2D eigenvalue weighted by atomic mass is 10.2. The summed E-state index contributed by atoms with van der Waals surface area (Å²) in [5, 5.41) is 5.23. The second-order valence-corrected chi connectivity index (χ2v) is 6.83. The molecule has 1 fully saturated rings. The summed E-state index contributed by atoms with van der Waals surface area (Å²) in [6.45, 7) is 3.09. The van der Waals surface area contributed by atoms with Crippen LogP contribution in [0.4, 0.5) is 5.69 Å². The molecule has 0 saturated heterocycles. The van der Waals surface area contributed by atoms with Crippen molar-refractivity contribution in [3.8, 4) is 0 Å². The highest BCUT2D eigenvalue weighted by molar-refractivity contribution is 9.10. The van der Waals surface area contributed by atoms with E-state index < -0.39 is 0 Å². The predicted molar refractivity (Wildman–Crippen MR) is 78.9 cm³/mol. The Bertz CT molecular complexity index is 468. The maximum Gasteiger partial charge on any atom is 0.161 e. The Morgan fingerprint density at radius 2 is 2.24 bits per heavy atom. The fourth-order valence-electron chi connectivity index (χ4n) is 2.02. The second-order valence-electron chi connectivity index (χ2n) is 4.75. The molecule has 1 unspecified atom stereocenters. The maximum atomic E-state index is 4.59. The molecule has 4 heteroatoms. The van der Waals surface area contributed by atoms with Gasteiger partial charge in [-0.3, -0.25) is 4.99 Å². The number of hydrogen-bond donors (Lipinski definition) is 1. The molecule has 1 atom stereocenters. The molecule has 2 nitrogen and oxygen atoms in total. The van der Waals surface area contributed by atoms with Crippen LogP contribution in [0.1, 0.15) is 18.4 Å². The quantitative estimate of drug-likeness (QED) is 0.891. The molecule has 1 aliphatic carbocycles. The van der Waals surface area contributed by atoms with Gasteiger partial charge in [-0.15, -0.1) is 0 Å². The smallest absolute Gasteiger partial charge is 0.161 e. The average molecular weight is 311 g/mol. The zero-order valence-corrected chi connectivity index (χ0v) is 12.1. The van der Waals surface area contributed by atoms with Crippen LogP contribution >= 0.6 is 27.7 Å². The van der Waals surface area contributed by atoms with Crippen LogP contribution < -0.4 is 5.32 Å². The lowest BCUT2D eigenvalue weighted by Crippen LogP contribution is -2.09. The summed E-state index contributed by atoms with van der Waals surface area (Å²) in [5.41, 5.74) is 2.38. The van der Waals surface area contributed by atoms with Gasteiger partial charge in [-0.1, -0.05) is 17.8 Å². The summed E-state index contributed by atoms with van der Waals surface area (Å²) in [5.74, 6) is 0.920. The first kappa shape index (κ1) is 11.6. The Morgan fingerprint density at radius 1 is 1.41 bits per heavy atom. The lowest BCUT2D eigenvalue weighted by Gasteiger charge is -2.10. The number of benzene rings is 1. The number of aryl methyl sites for hydroxylation is 1. The van der Waals surface area contributed by atoms with Gasteiger partial charge in [0.2, 0.25) is 0 Å². The molecule has 1 aromatic carbocycles. The number of halogens is 1. The number of thioether (sulfide) groups is 1. The Hall–Kier alpha value is -0.480. The van der Waals surface area contributed by atoms with Gasteiger partial charge in [0.1, 0.15) is 0 Å². The van der Waals surface area contributed by atoms with E-state index in [1.807, 2.05) is 11.8 Å². The molecule has 1 aliphatic heterocycles. The first-order valence-electron chi connectivity index (χ1n) is 5.96. The van der Waals surface area contributed by atoms with E-state index in [9.17, 15) is 0 Å². The lowest BCUT2D eigenvalue weighted by molar-refractivity contribution is 0.773. The molecule has 90 valence electrons. The topological polar surface area (TPSA) is 24.4 Å². The van der Waals surface area contributed by atoms with Crippen LogP contribution in [0.25, 0.3) is 0 Å². The van der Waals surface area contributed by atoms with E-state index in [0.29, 0.717) is 0 Å². The minimum Gasteiger partial charge on any atom is -0.334 e. The van der Waals surface area contributed by atoms with E-state index in [-0.39, 0.29) is 0 Å². The molecule has 0 aromatic heterocycles. The van der Waals surface area contributed by atoms with E-state index in [0.717, 1.165) is 33.0 Å². The molecule has 0 spiro atoms. The highest BCUT2D eigenvalue weighted by Crippen LogP contribution is 2.42. The molecular formula is C13H15BrN2S. The van der Waals surface area contributed by atoms with Gasteiger partial charge in [0.15, 0.2) is 5.17 Å². The monoisotopic (exact) mass is 310 g/mol. The van der Waals surface area contributed by atoms with E-state index in [2.05, 4.69) is 51.4 Å². The Labute approximate surface area is 114 Å². The van der Waals surface area contributed by atoms with Crippen LogP contribution in [0.3, 0.4) is 0 Å². The van der Waals surface area contributed by atoms with E-state index in [1.165, 1.54) is 18.4 Å². The number of nitrogens with one attached hydrogen (secondary N) is 1. The van der Waals surface area contributed by atoms with Crippen molar-refractivity contribution >= 4 is 38.5 Å². The second kappa shape index (κ2) is 4.65. The Morgan fingerprint density at radius 3 is 3.00 bits per heavy atom. The van der Waals surface area contributed by atoms with Crippen molar-refractivity contribution in [2.24, 2.45) is 10.9 Å². The van der Waals surface area contributed by atoms with Crippen molar-refractivity contribution in [1.82, 2.24) is 0 Å². The minimum atomic E-state index is 0.723. The molecule has 1 heterocycles. The first-order valence-corrected chi connectivity index (χ1v) is 7.64. The molecule has 1 saturated carbocycles. The van der Waals surface area contributed by atoms with Crippen molar-refractivity contribution in [3.63, 3.8) is 0 Å². The minimum absolute atomic E-state index is 0.723. The largest absolute Gasteiger partial charge is 0.334 e. The third kappa shape index (κ3) is 2.68. The molecule has 1 aromatic rings. The number of rotatable bonds is 2. The van der Waals surface area contributed by atoms with Gasteiger partial charge in [0, 0.05) is 9.72 Å². The predicted octanol–water partition coefficient (Wildman–Crippen LogP) is 4.05. The summed E-state index contributed by atoms with van der Waals surface area (Å²) < 4.78 is 1.10. The molecule has 0 radical (unpaired) electrons. The maximum absolute atomic E-state index is 4.59. The first-order chi connectivity index (χ1) is 8.22. The highest BCUT2D eigenvalue weighted by Gasteiger charge is 2.35. The molecule has 2 aliphatic rings. The normalized spacial score (nSPS) is 23.6. The zero-order valence-electron chi connectivity index (χ0n) is 9.74.